The largest absolute Gasteiger partial charge is 0.358 e. The van der Waals surface area contributed by atoms with Gasteiger partial charge in [-0.2, -0.15) is 8.42 Å². The Bertz CT molecular complexity index is 638. The van der Waals surface area contributed by atoms with Crippen molar-refractivity contribution in [1.29, 1.82) is 0 Å². The minimum Gasteiger partial charge on any atom is -0.304 e. The predicted octanol–water partition coefficient (Wildman–Crippen LogP) is 4.35. The van der Waals surface area contributed by atoms with Gasteiger partial charge in [0.2, 0.25) is 0 Å². The Kier molecular flexibility index (Phi) is 8.09. The topological polar surface area (TPSA) is 78.9 Å². The fourth-order valence-electron chi connectivity index (χ4n) is 2.04. The van der Waals surface area contributed by atoms with Crippen LogP contribution in [0.15, 0.2) is 29.2 Å². The summed E-state index contributed by atoms with van der Waals surface area (Å²) < 4.78 is 52.6. The number of rotatable bonds is 10. The van der Waals surface area contributed by atoms with Crippen molar-refractivity contribution in [1.82, 2.24) is 0 Å². The van der Waals surface area contributed by atoms with Crippen molar-refractivity contribution in [2.45, 2.75) is 64.6 Å². The van der Waals surface area contributed by atoms with E-state index in [1.54, 1.807) is 39.8 Å². The van der Waals surface area contributed by atoms with E-state index in [-0.39, 0.29) is 17.1 Å². The van der Waals surface area contributed by atoms with Gasteiger partial charge >= 0.3 is 7.60 Å². The van der Waals surface area contributed by atoms with Crippen molar-refractivity contribution in [3.63, 3.8) is 0 Å². The summed E-state index contributed by atoms with van der Waals surface area (Å²) in [4.78, 5) is 0.0167. The van der Waals surface area contributed by atoms with Gasteiger partial charge in [-0.05, 0) is 51.8 Å². The van der Waals surface area contributed by atoms with Crippen LogP contribution in [0.25, 0.3) is 0 Å². The van der Waals surface area contributed by atoms with Crippen molar-refractivity contribution in [2.24, 2.45) is 0 Å². The minimum atomic E-state index is -4.03. The molecule has 8 heteroatoms. The van der Waals surface area contributed by atoms with E-state index in [4.69, 9.17) is 13.2 Å². The summed E-state index contributed by atoms with van der Waals surface area (Å²) in [5.74, 6) is 0. The molecule has 0 aromatic heterocycles. The molecule has 0 fully saturated rings. The molecule has 0 aliphatic heterocycles. The first-order chi connectivity index (χ1) is 11.1. The molecule has 0 unspecified atom stereocenters. The maximum absolute atomic E-state index is 12.6. The van der Waals surface area contributed by atoms with Gasteiger partial charge in [-0.25, -0.2) is 0 Å². The van der Waals surface area contributed by atoms with Crippen LogP contribution in [0.4, 0.5) is 0 Å². The lowest BCUT2D eigenvalue weighted by molar-refractivity contribution is 0.129. The highest BCUT2D eigenvalue weighted by atomic mass is 32.2. The third-order valence-corrected chi connectivity index (χ3v) is 6.24. The highest BCUT2D eigenvalue weighted by Crippen LogP contribution is 2.50. The maximum atomic E-state index is 12.6. The van der Waals surface area contributed by atoms with Gasteiger partial charge < -0.3 is 9.05 Å². The first kappa shape index (κ1) is 21.3. The van der Waals surface area contributed by atoms with Crippen molar-refractivity contribution in [2.75, 3.05) is 6.35 Å². The minimum absolute atomic E-state index is 0.0167. The highest BCUT2D eigenvalue weighted by molar-refractivity contribution is 7.87. The maximum Gasteiger partial charge on any atom is 0.358 e. The molecule has 0 saturated carbocycles. The van der Waals surface area contributed by atoms with Crippen LogP contribution in [-0.4, -0.2) is 27.0 Å². The van der Waals surface area contributed by atoms with E-state index in [0.717, 1.165) is 18.4 Å². The van der Waals surface area contributed by atoms with Crippen LogP contribution >= 0.6 is 7.60 Å². The Morgan fingerprint density at radius 3 is 1.92 bits per heavy atom. The van der Waals surface area contributed by atoms with Gasteiger partial charge in [0.1, 0.15) is 0 Å². The fraction of sp³-hybridized carbons (Fsp3) is 0.625. The third kappa shape index (κ3) is 7.03. The van der Waals surface area contributed by atoms with Crippen molar-refractivity contribution in [3.8, 4) is 0 Å². The molecule has 24 heavy (non-hydrogen) atoms. The molecular formula is C16H27O6PS. The number of aryl methyl sites for hydroxylation is 1. The van der Waals surface area contributed by atoms with E-state index in [9.17, 15) is 13.0 Å². The zero-order chi connectivity index (χ0) is 18.4. The summed E-state index contributed by atoms with van der Waals surface area (Å²) in [6.45, 7) is 8.82. The Labute approximate surface area is 145 Å². The number of benzene rings is 1. The normalized spacial score (nSPS) is 13.0. The van der Waals surface area contributed by atoms with Gasteiger partial charge in [-0.1, -0.05) is 25.5 Å². The van der Waals surface area contributed by atoms with Crippen LogP contribution in [0, 0.1) is 0 Å². The molecule has 0 amide bonds. The Morgan fingerprint density at radius 2 is 1.50 bits per heavy atom. The van der Waals surface area contributed by atoms with E-state index >= 15 is 0 Å². The molecule has 0 aliphatic carbocycles. The molecule has 0 radical (unpaired) electrons. The van der Waals surface area contributed by atoms with Gasteiger partial charge in [0.25, 0.3) is 10.1 Å². The van der Waals surface area contributed by atoms with Gasteiger partial charge in [-0.3, -0.25) is 8.75 Å². The third-order valence-electron chi connectivity index (χ3n) is 2.86. The molecule has 1 aromatic rings. The second kappa shape index (κ2) is 9.11. The average Bonchev–Trinajstić information content (AvgIpc) is 2.45. The van der Waals surface area contributed by atoms with E-state index in [1.165, 1.54) is 12.1 Å². The average molecular weight is 378 g/mol. The summed E-state index contributed by atoms with van der Waals surface area (Å²) in [6, 6.07) is 6.46. The van der Waals surface area contributed by atoms with Gasteiger partial charge in [0.15, 0.2) is 6.35 Å². The molecule has 0 heterocycles. The molecule has 1 aromatic carbocycles. The number of hydrogen-bond acceptors (Lipinski definition) is 6. The Balaban J connectivity index is 2.86. The Morgan fingerprint density at radius 1 is 1.00 bits per heavy atom. The van der Waals surface area contributed by atoms with E-state index in [1.807, 2.05) is 0 Å². The quantitative estimate of drug-likeness (QED) is 0.445. The van der Waals surface area contributed by atoms with Gasteiger partial charge in [0.05, 0.1) is 17.1 Å². The van der Waals surface area contributed by atoms with Gasteiger partial charge in [0, 0.05) is 0 Å². The first-order valence-electron chi connectivity index (χ1n) is 8.02. The molecule has 0 saturated heterocycles. The summed E-state index contributed by atoms with van der Waals surface area (Å²) in [5.41, 5.74) is 1.05. The summed E-state index contributed by atoms with van der Waals surface area (Å²) in [6.07, 6.45) is 0.442. The molecule has 1 rings (SSSR count). The van der Waals surface area contributed by atoms with Crippen molar-refractivity contribution in [3.05, 3.63) is 29.8 Å². The summed E-state index contributed by atoms with van der Waals surface area (Å²) in [5, 5.41) is 0. The van der Waals surface area contributed by atoms with Crippen LogP contribution in [0.1, 0.15) is 46.6 Å². The van der Waals surface area contributed by atoms with E-state index in [0.29, 0.717) is 0 Å². The molecule has 0 atom stereocenters. The van der Waals surface area contributed by atoms with E-state index in [2.05, 4.69) is 6.92 Å². The molecule has 0 N–H and O–H groups in total. The molecule has 138 valence electrons. The van der Waals surface area contributed by atoms with Crippen LogP contribution in [0.2, 0.25) is 0 Å². The smallest absolute Gasteiger partial charge is 0.304 e. The van der Waals surface area contributed by atoms with Crippen LogP contribution in [-0.2, 0) is 34.3 Å². The summed E-state index contributed by atoms with van der Waals surface area (Å²) >= 11 is 0. The van der Waals surface area contributed by atoms with Gasteiger partial charge in [-0.15, -0.1) is 0 Å². The van der Waals surface area contributed by atoms with Crippen LogP contribution < -0.4 is 0 Å². The zero-order valence-corrected chi connectivity index (χ0v) is 16.6. The van der Waals surface area contributed by atoms with Crippen LogP contribution in [0.5, 0.6) is 0 Å². The SMILES string of the molecule is CCCc1ccc(S(=O)(=O)OCP(=O)(OC(C)C)OC(C)C)cc1. The first-order valence-corrected chi connectivity index (χ1v) is 11.2. The highest BCUT2D eigenvalue weighted by Gasteiger charge is 2.31. The molecule has 0 bridgehead atoms. The second-order valence-electron chi connectivity index (χ2n) is 6.01. The van der Waals surface area contributed by atoms with E-state index < -0.39 is 24.1 Å². The second-order valence-corrected chi connectivity index (χ2v) is 9.53. The lowest BCUT2D eigenvalue weighted by Gasteiger charge is -2.22. The standard InChI is InChI=1S/C16H27O6PS/c1-6-7-15-8-10-16(11-9-15)24(18,19)20-12-23(17,21-13(2)3)22-14(4)5/h8-11,13-14H,6-7,12H2,1-5H3. The lowest BCUT2D eigenvalue weighted by Crippen LogP contribution is -2.14. The molecular weight excluding hydrogens is 351 g/mol. The fourth-order valence-corrected chi connectivity index (χ4v) is 5.17. The molecule has 0 spiro atoms. The van der Waals surface area contributed by atoms with Crippen molar-refractivity contribution < 1.29 is 26.2 Å². The Hall–Kier alpha value is -0.720. The van der Waals surface area contributed by atoms with Crippen LogP contribution in [0.3, 0.4) is 0 Å². The predicted molar refractivity (Wildman–Crippen MR) is 93.6 cm³/mol. The molecule has 0 aliphatic rings. The monoisotopic (exact) mass is 378 g/mol. The lowest BCUT2D eigenvalue weighted by atomic mass is 10.1. The summed E-state index contributed by atoms with van der Waals surface area (Å²) in [7, 11) is -7.70. The van der Waals surface area contributed by atoms with Crippen molar-refractivity contribution >= 4 is 17.7 Å². The zero-order valence-electron chi connectivity index (χ0n) is 14.9. The molecule has 6 nitrogen and oxygen atoms in total. The number of hydrogen-bond donors (Lipinski definition) is 0.